The monoisotopic (exact) mass is 151 g/mol. The maximum Gasteiger partial charge on any atom is 0.0660 e. The lowest BCUT2D eigenvalue weighted by atomic mass is 10.2. The molecule has 1 nitrogen and oxygen atoms in total. The fourth-order valence-electron chi connectivity index (χ4n) is 1.51. The smallest absolute Gasteiger partial charge is 0.0660 e. The predicted molar refractivity (Wildman–Crippen MR) is 48.2 cm³/mol. The van der Waals surface area contributed by atoms with Gasteiger partial charge in [-0.3, -0.25) is 0 Å². The van der Waals surface area contributed by atoms with Crippen molar-refractivity contribution in [3.63, 3.8) is 0 Å². The van der Waals surface area contributed by atoms with Gasteiger partial charge in [0.05, 0.1) is 6.04 Å². The highest BCUT2D eigenvalue weighted by molar-refractivity contribution is 5.02. The molecule has 3 unspecified atom stereocenters. The fourth-order valence-corrected chi connectivity index (χ4v) is 1.51. The number of nitrogens with one attached hydrogen (secondary N) is 1. The maximum absolute atomic E-state index is 5.26. The van der Waals surface area contributed by atoms with E-state index in [9.17, 15) is 0 Å². The molecule has 0 aliphatic heterocycles. The summed E-state index contributed by atoms with van der Waals surface area (Å²) in [5.74, 6) is 3.60. The van der Waals surface area contributed by atoms with Crippen LogP contribution in [0.1, 0.15) is 33.1 Å². The van der Waals surface area contributed by atoms with E-state index in [2.05, 4.69) is 18.2 Å². The van der Waals surface area contributed by atoms with Crippen LogP contribution in [0.25, 0.3) is 0 Å². The van der Waals surface area contributed by atoms with Crippen molar-refractivity contribution in [1.29, 1.82) is 0 Å². The van der Waals surface area contributed by atoms with Crippen molar-refractivity contribution in [3.05, 3.63) is 0 Å². The molecule has 0 spiro atoms. The van der Waals surface area contributed by atoms with Crippen LogP contribution in [0.5, 0.6) is 0 Å². The second-order valence-corrected chi connectivity index (χ2v) is 3.45. The highest BCUT2D eigenvalue weighted by Crippen LogP contribution is 2.34. The summed E-state index contributed by atoms with van der Waals surface area (Å²) < 4.78 is 0. The molecular formula is C10H17N. The van der Waals surface area contributed by atoms with Crippen molar-refractivity contribution in [1.82, 2.24) is 5.32 Å². The third kappa shape index (κ3) is 2.55. The van der Waals surface area contributed by atoms with Crippen LogP contribution in [-0.2, 0) is 0 Å². The lowest BCUT2D eigenvalue weighted by Crippen LogP contribution is -2.27. The van der Waals surface area contributed by atoms with E-state index >= 15 is 0 Å². The Balaban J connectivity index is 2.09. The molecule has 3 atom stereocenters. The zero-order valence-electron chi connectivity index (χ0n) is 7.43. The Hall–Kier alpha value is -0.480. The molecule has 1 N–H and O–H groups in total. The van der Waals surface area contributed by atoms with Crippen LogP contribution in [0.15, 0.2) is 0 Å². The first-order valence-electron chi connectivity index (χ1n) is 4.50. The molecule has 1 rings (SSSR count). The van der Waals surface area contributed by atoms with Crippen LogP contribution >= 0.6 is 0 Å². The summed E-state index contributed by atoms with van der Waals surface area (Å²) in [5.41, 5.74) is 0. The minimum Gasteiger partial charge on any atom is -0.301 e. The average Bonchev–Trinajstić information content (AvgIpc) is 2.69. The summed E-state index contributed by atoms with van der Waals surface area (Å²) in [6, 6.07) is 0.975. The Bertz CT molecular complexity index is 157. The molecule has 1 fully saturated rings. The van der Waals surface area contributed by atoms with Gasteiger partial charge >= 0.3 is 0 Å². The molecule has 0 saturated heterocycles. The molecule has 0 aromatic rings. The van der Waals surface area contributed by atoms with E-state index in [-0.39, 0.29) is 6.04 Å². The third-order valence-electron chi connectivity index (χ3n) is 2.30. The van der Waals surface area contributed by atoms with Gasteiger partial charge in [0.25, 0.3) is 0 Å². The molecule has 0 amide bonds. The van der Waals surface area contributed by atoms with Crippen molar-refractivity contribution in [2.75, 3.05) is 0 Å². The standard InChI is InChI=1S/C10H17N/c1-4-6-9-7-10(9)11-8(3)5-2/h2,8-11H,4,6-7H2,1,3H3. The SMILES string of the molecule is C#CC(C)NC1CC1CCC. The van der Waals surface area contributed by atoms with Gasteiger partial charge < -0.3 is 5.32 Å². The molecule has 0 heterocycles. The maximum atomic E-state index is 5.26. The first-order valence-corrected chi connectivity index (χ1v) is 4.50. The Morgan fingerprint density at radius 2 is 2.45 bits per heavy atom. The van der Waals surface area contributed by atoms with E-state index in [1.807, 2.05) is 6.92 Å². The molecule has 62 valence electrons. The minimum absolute atomic E-state index is 0.252. The van der Waals surface area contributed by atoms with Crippen LogP contribution in [-0.4, -0.2) is 12.1 Å². The van der Waals surface area contributed by atoms with Crippen LogP contribution < -0.4 is 5.32 Å². The second kappa shape index (κ2) is 3.78. The molecule has 11 heavy (non-hydrogen) atoms. The Morgan fingerprint density at radius 3 is 3.00 bits per heavy atom. The summed E-state index contributed by atoms with van der Waals surface area (Å²) in [5, 5.41) is 3.40. The summed E-state index contributed by atoms with van der Waals surface area (Å²) >= 11 is 0. The topological polar surface area (TPSA) is 12.0 Å². The Kier molecular flexibility index (Phi) is 2.96. The predicted octanol–water partition coefficient (Wildman–Crippen LogP) is 1.79. The van der Waals surface area contributed by atoms with Gasteiger partial charge in [0.2, 0.25) is 0 Å². The number of rotatable bonds is 4. The Morgan fingerprint density at radius 1 is 1.73 bits per heavy atom. The van der Waals surface area contributed by atoms with Crippen LogP contribution in [0.4, 0.5) is 0 Å². The molecule has 1 aliphatic rings. The zero-order valence-corrected chi connectivity index (χ0v) is 7.43. The van der Waals surface area contributed by atoms with Crippen LogP contribution in [0, 0.1) is 18.3 Å². The quantitative estimate of drug-likeness (QED) is 0.604. The third-order valence-corrected chi connectivity index (χ3v) is 2.30. The van der Waals surface area contributed by atoms with Crippen molar-refractivity contribution in [2.45, 2.75) is 45.2 Å². The van der Waals surface area contributed by atoms with Crippen molar-refractivity contribution < 1.29 is 0 Å². The lowest BCUT2D eigenvalue weighted by Gasteiger charge is -2.05. The largest absolute Gasteiger partial charge is 0.301 e. The molecule has 0 radical (unpaired) electrons. The van der Waals surface area contributed by atoms with Crippen molar-refractivity contribution >= 4 is 0 Å². The first-order chi connectivity index (χ1) is 5.27. The first kappa shape index (κ1) is 8.62. The normalized spacial score (nSPS) is 31.0. The van der Waals surface area contributed by atoms with Crippen molar-refractivity contribution in [2.24, 2.45) is 5.92 Å². The van der Waals surface area contributed by atoms with Gasteiger partial charge in [0.15, 0.2) is 0 Å². The summed E-state index contributed by atoms with van der Waals surface area (Å²) in [6.45, 7) is 4.28. The zero-order chi connectivity index (χ0) is 8.27. The van der Waals surface area contributed by atoms with E-state index in [0.717, 1.165) is 12.0 Å². The van der Waals surface area contributed by atoms with Crippen LogP contribution in [0.2, 0.25) is 0 Å². The van der Waals surface area contributed by atoms with E-state index < -0.39 is 0 Å². The van der Waals surface area contributed by atoms with Gasteiger partial charge in [0.1, 0.15) is 0 Å². The molecule has 1 saturated carbocycles. The van der Waals surface area contributed by atoms with Gasteiger partial charge in [-0.05, 0) is 25.7 Å². The van der Waals surface area contributed by atoms with Gasteiger partial charge in [-0.2, -0.15) is 0 Å². The van der Waals surface area contributed by atoms with Gasteiger partial charge in [-0.15, -0.1) is 6.42 Å². The summed E-state index contributed by atoms with van der Waals surface area (Å²) in [6.07, 6.45) is 9.24. The summed E-state index contributed by atoms with van der Waals surface area (Å²) in [4.78, 5) is 0. The number of terminal acetylenes is 1. The molecule has 1 heteroatoms. The second-order valence-electron chi connectivity index (χ2n) is 3.45. The van der Waals surface area contributed by atoms with Crippen molar-refractivity contribution in [3.8, 4) is 12.3 Å². The Labute approximate surface area is 69.6 Å². The van der Waals surface area contributed by atoms with E-state index in [1.54, 1.807) is 0 Å². The van der Waals surface area contributed by atoms with E-state index in [1.165, 1.54) is 19.3 Å². The molecular weight excluding hydrogens is 134 g/mol. The summed E-state index contributed by atoms with van der Waals surface area (Å²) in [7, 11) is 0. The molecule has 0 bridgehead atoms. The van der Waals surface area contributed by atoms with Gasteiger partial charge in [0, 0.05) is 6.04 Å². The van der Waals surface area contributed by atoms with E-state index in [0.29, 0.717) is 0 Å². The average molecular weight is 151 g/mol. The number of hydrogen-bond acceptors (Lipinski definition) is 1. The highest BCUT2D eigenvalue weighted by Gasteiger charge is 2.35. The number of hydrogen-bond donors (Lipinski definition) is 1. The van der Waals surface area contributed by atoms with Gasteiger partial charge in [-0.1, -0.05) is 19.3 Å². The highest BCUT2D eigenvalue weighted by atomic mass is 15.0. The molecule has 0 aromatic heterocycles. The molecule has 1 aliphatic carbocycles. The van der Waals surface area contributed by atoms with Crippen LogP contribution in [0.3, 0.4) is 0 Å². The molecule has 0 aromatic carbocycles. The van der Waals surface area contributed by atoms with Gasteiger partial charge in [-0.25, -0.2) is 0 Å². The lowest BCUT2D eigenvalue weighted by molar-refractivity contribution is 0.577. The van der Waals surface area contributed by atoms with E-state index in [4.69, 9.17) is 6.42 Å². The minimum atomic E-state index is 0.252. The fraction of sp³-hybridized carbons (Fsp3) is 0.800.